The lowest BCUT2D eigenvalue weighted by Crippen LogP contribution is -2.52. The van der Waals surface area contributed by atoms with Crippen LogP contribution in [-0.4, -0.2) is 26.6 Å². The van der Waals surface area contributed by atoms with E-state index < -0.39 is 11.5 Å². The van der Waals surface area contributed by atoms with Crippen molar-refractivity contribution in [2.45, 2.75) is 31.7 Å². The molecule has 1 aliphatic rings. The molecule has 0 amide bonds. The zero-order valence-corrected chi connectivity index (χ0v) is 10.8. The average molecular weight is 263 g/mol. The predicted molar refractivity (Wildman–Crippen MR) is 70.0 cm³/mol. The number of rotatable bonds is 3. The maximum atomic E-state index is 11.3. The fraction of sp³-hybridized carbons (Fsp3) is 0.417. The van der Waals surface area contributed by atoms with Crippen LogP contribution in [0.5, 0.6) is 0 Å². The lowest BCUT2D eigenvalue weighted by atomic mass is 9.77. The Bertz CT molecular complexity index is 619. The van der Waals surface area contributed by atoms with Crippen molar-refractivity contribution in [1.82, 2.24) is 9.97 Å². The first-order chi connectivity index (χ1) is 8.62. The third-order valence-electron chi connectivity index (χ3n) is 3.51. The summed E-state index contributed by atoms with van der Waals surface area (Å²) in [7, 11) is 0. The van der Waals surface area contributed by atoms with Crippen LogP contribution in [0.15, 0.2) is 11.7 Å². The number of anilines is 1. The predicted octanol–water partition coefficient (Wildman–Crippen LogP) is 2.42. The molecule has 2 N–H and O–H groups in total. The Labute approximate surface area is 108 Å². The van der Waals surface area contributed by atoms with E-state index in [0.29, 0.717) is 18.7 Å². The molecule has 0 atom stereocenters. The van der Waals surface area contributed by atoms with E-state index in [9.17, 15) is 9.90 Å². The van der Waals surface area contributed by atoms with E-state index in [1.54, 1.807) is 11.3 Å². The molecule has 2 aromatic heterocycles. The van der Waals surface area contributed by atoms with Crippen LogP contribution in [0.25, 0.3) is 10.2 Å². The van der Waals surface area contributed by atoms with Crippen molar-refractivity contribution in [2.75, 3.05) is 5.32 Å². The van der Waals surface area contributed by atoms with E-state index in [1.807, 2.05) is 12.3 Å². The van der Waals surface area contributed by atoms with Crippen molar-refractivity contribution < 1.29 is 9.90 Å². The van der Waals surface area contributed by atoms with Crippen LogP contribution in [0, 0.1) is 6.92 Å². The third-order valence-corrected chi connectivity index (χ3v) is 4.60. The molecular weight excluding hydrogens is 250 g/mol. The van der Waals surface area contributed by atoms with Gasteiger partial charge in [0.1, 0.15) is 17.7 Å². The monoisotopic (exact) mass is 263 g/mol. The molecule has 94 valence electrons. The molecule has 1 aliphatic carbocycles. The molecule has 0 aromatic carbocycles. The number of fused-ring (bicyclic) bond motifs is 1. The normalized spacial score (nSPS) is 17.4. The molecule has 0 spiro atoms. The SMILES string of the molecule is Cc1csc2c(NC3(C(=O)O)CCC3)ncnc12. The summed E-state index contributed by atoms with van der Waals surface area (Å²) < 4.78 is 0.933. The highest BCUT2D eigenvalue weighted by Gasteiger charge is 2.45. The van der Waals surface area contributed by atoms with Gasteiger partial charge in [-0.15, -0.1) is 11.3 Å². The molecule has 1 fully saturated rings. The minimum atomic E-state index is -0.834. The summed E-state index contributed by atoms with van der Waals surface area (Å²) >= 11 is 1.55. The summed E-state index contributed by atoms with van der Waals surface area (Å²) in [4.78, 5) is 19.8. The number of nitrogens with one attached hydrogen (secondary N) is 1. The Kier molecular flexibility index (Phi) is 2.48. The molecular formula is C12H13N3O2S. The van der Waals surface area contributed by atoms with Crippen LogP contribution in [0.1, 0.15) is 24.8 Å². The summed E-state index contributed by atoms with van der Waals surface area (Å²) in [6.45, 7) is 1.99. The summed E-state index contributed by atoms with van der Waals surface area (Å²) in [6, 6.07) is 0. The molecule has 0 radical (unpaired) electrons. The van der Waals surface area contributed by atoms with Gasteiger partial charge in [0.15, 0.2) is 0 Å². The molecule has 0 saturated heterocycles. The topological polar surface area (TPSA) is 75.1 Å². The second-order valence-electron chi connectivity index (χ2n) is 4.68. The average Bonchev–Trinajstić information content (AvgIpc) is 2.66. The molecule has 6 heteroatoms. The first-order valence-corrected chi connectivity index (χ1v) is 6.71. The summed E-state index contributed by atoms with van der Waals surface area (Å²) in [5, 5.41) is 14.4. The Balaban J connectivity index is 2.02. The lowest BCUT2D eigenvalue weighted by molar-refractivity contribution is -0.145. The van der Waals surface area contributed by atoms with Crippen LogP contribution in [0.4, 0.5) is 5.82 Å². The molecule has 18 heavy (non-hydrogen) atoms. The number of thiophene rings is 1. The molecule has 2 heterocycles. The van der Waals surface area contributed by atoms with Crippen LogP contribution in [0.2, 0.25) is 0 Å². The smallest absolute Gasteiger partial charge is 0.329 e. The van der Waals surface area contributed by atoms with Gasteiger partial charge >= 0.3 is 5.97 Å². The highest BCUT2D eigenvalue weighted by atomic mass is 32.1. The Morgan fingerprint density at radius 3 is 2.89 bits per heavy atom. The summed E-state index contributed by atoms with van der Waals surface area (Å²) in [5.41, 5.74) is 1.16. The second-order valence-corrected chi connectivity index (χ2v) is 5.56. The van der Waals surface area contributed by atoms with Crippen molar-refractivity contribution in [1.29, 1.82) is 0 Å². The van der Waals surface area contributed by atoms with Crippen LogP contribution in [0.3, 0.4) is 0 Å². The molecule has 0 aliphatic heterocycles. The standard InChI is InChI=1S/C12H13N3O2S/c1-7-5-18-9-8(7)13-6-14-10(9)15-12(11(16)17)3-2-4-12/h5-6H,2-4H2,1H3,(H,16,17)(H,13,14,15). The van der Waals surface area contributed by atoms with Gasteiger partial charge in [0, 0.05) is 0 Å². The van der Waals surface area contributed by atoms with Gasteiger partial charge in [-0.05, 0) is 37.1 Å². The van der Waals surface area contributed by atoms with Crippen molar-refractivity contribution in [3.8, 4) is 0 Å². The molecule has 1 saturated carbocycles. The Morgan fingerprint density at radius 2 is 2.28 bits per heavy atom. The fourth-order valence-electron chi connectivity index (χ4n) is 2.21. The molecule has 3 rings (SSSR count). The van der Waals surface area contributed by atoms with E-state index in [1.165, 1.54) is 6.33 Å². The van der Waals surface area contributed by atoms with Crippen LogP contribution in [-0.2, 0) is 4.79 Å². The first-order valence-electron chi connectivity index (χ1n) is 5.83. The van der Waals surface area contributed by atoms with Crippen molar-refractivity contribution in [3.63, 3.8) is 0 Å². The summed E-state index contributed by atoms with van der Waals surface area (Å²) in [5.74, 6) is -0.158. The maximum absolute atomic E-state index is 11.3. The van der Waals surface area contributed by atoms with Crippen molar-refractivity contribution in [2.24, 2.45) is 0 Å². The van der Waals surface area contributed by atoms with E-state index in [4.69, 9.17) is 0 Å². The Hall–Kier alpha value is -1.69. The quantitative estimate of drug-likeness (QED) is 0.889. The first kappa shape index (κ1) is 11.4. The van der Waals surface area contributed by atoms with E-state index >= 15 is 0 Å². The third kappa shape index (κ3) is 1.56. The highest BCUT2D eigenvalue weighted by molar-refractivity contribution is 7.18. The number of hydrogen-bond donors (Lipinski definition) is 2. The minimum Gasteiger partial charge on any atom is -0.480 e. The van der Waals surface area contributed by atoms with Gasteiger partial charge < -0.3 is 10.4 Å². The number of hydrogen-bond acceptors (Lipinski definition) is 5. The van der Waals surface area contributed by atoms with Crippen molar-refractivity contribution in [3.05, 3.63) is 17.3 Å². The summed E-state index contributed by atoms with van der Waals surface area (Å²) in [6.07, 6.45) is 3.73. The fourth-order valence-corrected chi connectivity index (χ4v) is 3.15. The highest BCUT2D eigenvalue weighted by Crippen LogP contribution is 2.38. The van der Waals surface area contributed by atoms with Gasteiger partial charge in [-0.3, -0.25) is 0 Å². The van der Waals surface area contributed by atoms with Crippen molar-refractivity contribution >= 4 is 33.3 Å². The van der Waals surface area contributed by atoms with Gasteiger partial charge in [0.2, 0.25) is 0 Å². The van der Waals surface area contributed by atoms with Gasteiger partial charge in [-0.1, -0.05) is 0 Å². The minimum absolute atomic E-state index is 0.639. The van der Waals surface area contributed by atoms with E-state index in [0.717, 1.165) is 22.2 Å². The van der Waals surface area contributed by atoms with Gasteiger partial charge in [-0.25, -0.2) is 14.8 Å². The van der Waals surface area contributed by atoms with E-state index in [2.05, 4.69) is 15.3 Å². The Morgan fingerprint density at radius 1 is 1.50 bits per heavy atom. The number of aromatic nitrogens is 2. The number of carboxylic acid groups (broad SMARTS) is 1. The number of aliphatic carboxylic acids is 1. The van der Waals surface area contributed by atoms with Crippen LogP contribution >= 0.6 is 11.3 Å². The largest absolute Gasteiger partial charge is 0.480 e. The zero-order valence-electron chi connectivity index (χ0n) is 9.93. The van der Waals surface area contributed by atoms with Gasteiger partial charge in [0.05, 0.1) is 10.2 Å². The van der Waals surface area contributed by atoms with Crippen LogP contribution < -0.4 is 5.32 Å². The number of carbonyl (C=O) groups is 1. The number of carboxylic acids is 1. The van der Waals surface area contributed by atoms with E-state index in [-0.39, 0.29) is 0 Å². The zero-order chi connectivity index (χ0) is 12.8. The maximum Gasteiger partial charge on any atom is 0.329 e. The van der Waals surface area contributed by atoms with Gasteiger partial charge in [-0.2, -0.15) is 0 Å². The second kappa shape index (κ2) is 3.91. The molecule has 2 aromatic rings. The number of aryl methyl sites for hydroxylation is 1. The molecule has 0 bridgehead atoms. The molecule has 0 unspecified atom stereocenters. The molecule has 5 nitrogen and oxygen atoms in total. The number of nitrogens with zero attached hydrogens (tertiary/aromatic N) is 2. The van der Waals surface area contributed by atoms with Gasteiger partial charge in [0.25, 0.3) is 0 Å². The lowest BCUT2D eigenvalue weighted by Gasteiger charge is -2.38.